The van der Waals surface area contributed by atoms with Crippen molar-refractivity contribution in [2.45, 2.75) is 19.8 Å². The number of terminal acetylenes is 1. The molecule has 0 unspecified atom stereocenters. The molecule has 1 nitrogen and oxygen atoms in total. The first-order valence-corrected chi connectivity index (χ1v) is 4.91. The second-order valence-corrected chi connectivity index (χ2v) is 3.42. The van der Waals surface area contributed by atoms with E-state index in [2.05, 4.69) is 12.0 Å². The highest BCUT2D eigenvalue weighted by Gasteiger charge is 1.93. The van der Waals surface area contributed by atoms with Crippen LogP contribution in [-0.2, 0) is 17.6 Å². The van der Waals surface area contributed by atoms with E-state index in [0.29, 0.717) is 6.42 Å². The van der Waals surface area contributed by atoms with Crippen molar-refractivity contribution in [1.29, 1.82) is 0 Å². The topological polar surface area (TPSA) is 17.1 Å². The molecule has 15 heavy (non-hydrogen) atoms. The van der Waals surface area contributed by atoms with Gasteiger partial charge in [0.25, 0.3) is 0 Å². The summed E-state index contributed by atoms with van der Waals surface area (Å²) in [5.74, 6) is 2.69. The standard InChI is InChI=1S/C14H14O/c1-3-6-13-9-5-10-14(11-13)8-4-7-12(2)15/h1,4-5,7,9-11H,6,8H2,2H3/b7-4+. The molecule has 1 rings (SSSR count). The third-order valence-corrected chi connectivity index (χ3v) is 2.00. The van der Waals surface area contributed by atoms with Gasteiger partial charge in [0.2, 0.25) is 0 Å². The quantitative estimate of drug-likeness (QED) is 0.536. The van der Waals surface area contributed by atoms with Gasteiger partial charge in [0, 0.05) is 6.42 Å². The normalized spacial score (nSPS) is 10.1. The van der Waals surface area contributed by atoms with Gasteiger partial charge >= 0.3 is 0 Å². The summed E-state index contributed by atoms with van der Waals surface area (Å²) >= 11 is 0. The molecule has 0 aliphatic carbocycles. The zero-order valence-corrected chi connectivity index (χ0v) is 8.86. The van der Waals surface area contributed by atoms with E-state index < -0.39 is 0 Å². The highest BCUT2D eigenvalue weighted by molar-refractivity contribution is 5.87. The van der Waals surface area contributed by atoms with Crippen LogP contribution >= 0.6 is 0 Å². The summed E-state index contributed by atoms with van der Waals surface area (Å²) < 4.78 is 0. The second kappa shape index (κ2) is 5.82. The van der Waals surface area contributed by atoms with Crippen LogP contribution in [0.5, 0.6) is 0 Å². The molecule has 0 spiro atoms. The number of hydrogen-bond donors (Lipinski definition) is 0. The van der Waals surface area contributed by atoms with Crippen molar-refractivity contribution in [3.63, 3.8) is 0 Å². The van der Waals surface area contributed by atoms with Gasteiger partial charge < -0.3 is 0 Å². The van der Waals surface area contributed by atoms with Gasteiger partial charge in [-0.05, 0) is 30.5 Å². The average Bonchev–Trinajstić information content (AvgIpc) is 2.18. The molecule has 1 aromatic carbocycles. The van der Waals surface area contributed by atoms with Gasteiger partial charge in [-0.3, -0.25) is 4.79 Å². The van der Waals surface area contributed by atoms with E-state index in [1.165, 1.54) is 5.56 Å². The lowest BCUT2D eigenvalue weighted by Gasteiger charge is -1.99. The van der Waals surface area contributed by atoms with Crippen LogP contribution in [0.15, 0.2) is 36.4 Å². The molecule has 0 aliphatic rings. The number of benzene rings is 1. The van der Waals surface area contributed by atoms with Crippen LogP contribution in [0.1, 0.15) is 18.1 Å². The molecule has 0 saturated heterocycles. The minimum Gasteiger partial charge on any atom is -0.295 e. The fourth-order valence-corrected chi connectivity index (χ4v) is 1.35. The largest absolute Gasteiger partial charge is 0.295 e. The number of rotatable bonds is 4. The summed E-state index contributed by atoms with van der Waals surface area (Å²) in [7, 11) is 0. The van der Waals surface area contributed by atoms with Crippen molar-refractivity contribution in [1.82, 2.24) is 0 Å². The fraction of sp³-hybridized carbons (Fsp3) is 0.214. The van der Waals surface area contributed by atoms with Crippen LogP contribution in [0.25, 0.3) is 0 Å². The summed E-state index contributed by atoms with van der Waals surface area (Å²) in [5.41, 5.74) is 2.33. The van der Waals surface area contributed by atoms with Crippen LogP contribution in [0.4, 0.5) is 0 Å². The molecular weight excluding hydrogens is 184 g/mol. The first-order valence-electron chi connectivity index (χ1n) is 4.91. The van der Waals surface area contributed by atoms with E-state index in [9.17, 15) is 4.79 Å². The van der Waals surface area contributed by atoms with Crippen LogP contribution in [0.2, 0.25) is 0 Å². The van der Waals surface area contributed by atoms with Crippen molar-refractivity contribution in [2.75, 3.05) is 0 Å². The van der Waals surface area contributed by atoms with Crippen molar-refractivity contribution >= 4 is 5.78 Å². The van der Waals surface area contributed by atoms with Gasteiger partial charge in [-0.25, -0.2) is 0 Å². The molecule has 0 atom stereocenters. The molecule has 0 N–H and O–H groups in total. The monoisotopic (exact) mass is 198 g/mol. The van der Waals surface area contributed by atoms with E-state index in [4.69, 9.17) is 6.42 Å². The average molecular weight is 198 g/mol. The Labute approximate surface area is 90.8 Å². The molecule has 0 amide bonds. The van der Waals surface area contributed by atoms with Gasteiger partial charge in [0.15, 0.2) is 5.78 Å². The molecule has 76 valence electrons. The van der Waals surface area contributed by atoms with Crippen molar-refractivity contribution in [3.05, 3.63) is 47.5 Å². The third kappa shape index (κ3) is 4.28. The Morgan fingerprint density at radius 3 is 2.87 bits per heavy atom. The minimum atomic E-state index is 0.0785. The maximum Gasteiger partial charge on any atom is 0.152 e. The zero-order valence-electron chi connectivity index (χ0n) is 8.86. The van der Waals surface area contributed by atoms with Crippen molar-refractivity contribution in [3.8, 4) is 12.3 Å². The molecule has 0 saturated carbocycles. The van der Waals surface area contributed by atoms with Gasteiger partial charge in [-0.1, -0.05) is 30.3 Å². The molecule has 0 aliphatic heterocycles. The molecular formula is C14H14O. The number of allylic oxidation sites excluding steroid dienone is 2. The minimum absolute atomic E-state index is 0.0785. The lowest BCUT2D eigenvalue weighted by Crippen LogP contribution is -1.87. The predicted molar refractivity (Wildman–Crippen MR) is 62.5 cm³/mol. The molecule has 0 fully saturated rings. The van der Waals surface area contributed by atoms with Gasteiger partial charge in [-0.15, -0.1) is 12.3 Å². The number of carbonyl (C=O) groups excluding carboxylic acids is 1. The molecule has 0 aromatic heterocycles. The Hall–Kier alpha value is -1.81. The summed E-state index contributed by atoms with van der Waals surface area (Å²) in [4.78, 5) is 10.7. The van der Waals surface area contributed by atoms with Gasteiger partial charge in [-0.2, -0.15) is 0 Å². The fourth-order valence-electron chi connectivity index (χ4n) is 1.35. The SMILES string of the molecule is C#CCc1cccc(C/C=C/C(C)=O)c1. The van der Waals surface area contributed by atoms with Crippen LogP contribution in [-0.4, -0.2) is 5.78 Å². The van der Waals surface area contributed by atoms with Crippen LogP contribution in [0.3, 0.4) is 0 Å². The smallest absolute Gasteiger partial charge is 0.152 e. The molecule has 1 aromatic rings. The first-order chi connectivity index (χ1) is 7.22. The van der Waals surface area contributed by atoms with Crippen molar-refractivity contribution in [2.24, 2.45) is 0 Å². The van der Waals surface area contributed by atoms with E-state index >= 15 is 0 Å². The third-order valence-electron chi connectivity index (χ3n) is 2.00. The maximum absolute atomic E-state index is 10.7. The lowest BCUT2D eigenvalue weighted by atomic mass is 10.1. The number of hydrogen-bond acceptors (Lipinski definition) is 1. The zero-order chi connectivity index (χ0) is 11.1. The number of carbonyl (C=O) groups is 1. The van der Waals surface area contributed by atoms with Crippen LogP contribution in [0, 0.1) is 12.3 Å². The summed E-state index contributed by atoms with van der Waals surface area (Å²) in [6, 6.07) is 8.11. The highest BCUT2D eigenvalue weighted by atomic mass is 16.1. The molecule has 1 heteroatoms. The number of ketones is 1. The highest BCUT2D eigenvalue weighted by Crippen LogP contribution is 2.07. The maximum atomic E-state index is 10.7. The van der Waals surface area contributed by atoms with E-state index in [-0.39, 0.29) is 5.78 Å². The van der Waals surface area contributed by atoms with E-state index in [1.807, 2.05) is 24.3 Å². The molecule has 0 heterocycles. The molecule has 0 bridgehead atoms. The van der Waals surface area contributed by atoms with Gasteiger partial charge in [0.1, 0.15) is 0 Å². The summed E-state index contributed by atoms with van der Waals surface area (Å²) in [6.07, 6.45) is 10.1. The first kappa shape index (κ1) is 11.3. The molecule has 0 radical (unpaired) electrons. The predicted octanol–water partition coefficient (Wildman–Crippen LogP) is 2.55. The Kier molecular flexibility index (Phi) is 4.37. The summed E-state index contributed by atoms with van der Waals surface area (Å²) in [5, 5.41) is 0. The van der Waals surface area contributed by atoms with Gasteiger partial charge in [0.05, 0.1) is 0 Å². The Morgan fingerprint density at radius 2 is 2.20 bits per heavy atom. The van der Waals surface area contributed by atoms with Crippen molar-refractivity contribution < 1.29 is 4.79 Å². The van der Waals surface area contributed by atoms with E-state index in [0.717, 1.165) is 12.0 Å². The van der Waals surface area contributed by atoms with E-state index in [1.54, 1.807) is 13.0 Å². The lowest BCUT2D eigenvalue weighted by molar-refractivity contribution is -0.112. The summed E-state index contributed by atoms with van der Waals surface area (Å²) in [6.45, 7) is 1.55. The Bertz CT molecular complexity index is 408. The second-order valence-electron chi connectivity index (χ2n) is 3.42. The van der Waals surface area contributed by atoms with Crippen LogP contribution < -0.4 is 0 Å². The Balaban J connectivity index is 2.66. The Morgan fingerprint density at radius 1 is 1.47 bits per heavy atom.